The lowest BCUT2D eigenvalue weighted by atomic mass is 10.2. The first-order chi connectivity index (χ1) is 6.13. The molecule has 2 N–H and O–H groups in total. The molecule has 13 heavy (non-hydrogen) atoms. The summed E-state index contributed by atoms with van der Waals surface area (Å²) in [6.45, 7) is 0. The zero-order valence-corrected chi connectivity index (χ0v) is 8.56. The predicted octanol–water partition coefficient (Wildman–Crippen LogP) is 0.839. The fourth-order valence-corrected chi connectivity index (χ4v) is 1.63. The average molecular weight is 221 g/mol. The summed E-state index contributed by atoms with van der Waals surface area (Å²) in [5.41, 5.74) is 6.23. The highest BCUT2D eigenvalue weighted by Gasteiger charge is 2.15. The number of hydrogen-bond donors (Lipinski definition) is 1. The van der Waals surface area contributed by atoms with Crippen LogP contribution in [0.3, 0.4) is 0 Å². The molecule has 0 aromatic carbocycles. The molecule has 0 bridgehead atoms. The van der Waals surface area contributed by atoms with Gasteiger partial charge in [0.25, 0.3) is 0 Å². The summed E-state index contributed by atoms with van der Waals surface area (Å²) < 4.78 is 4.92. The predicted molar refractivity (Wildman–Crippen MR) is 50.8 cm³/mol. The van der Waals surface area contributed by atoms with Gasteiger partial charge < -0.3 is 10.5 Å². The minimum Gasteiger partial charge on any atom is -0.468 e. The molecule has 0 aliphatic heterocycles. The number of aromatic nitrogens is 1. The van der Waals surface area contributed by atoms with Crippen LogP contribution in [-0.4, -0.2) is 24.1 Å². The Morgan fingerprint density at radius 2 is 2.62 bits per heavy atom. The van der Waals surface area contributed by atoms with Gasteiger partial charge in [-0.15, -0.1) is 11.3 Å². The number of nitrogens with zero attached hydrogens (tertiary/aromatic N) is 1. The SMILES string of the molecule is COC(=O)C(N)Cc1csc(Cl)n1. The molecular formula is C7H9ClN2O2S. The van der Waals surface area contributed by atoms with Crippen molar-refractivity contribution in [2.75, 3.05) is 7.11 Å². The van der Waals surface area contributed by atoms with E-state index in [4.69, 9.17) is 17.3 Å². The molecule has 0 fully saturated rings. The van der Waals surface area contributed by atoms with Gasteiger partial charge in [0.05, 0.1) is 12.8 Å². The van der Waals surface area contributed by atoms with Crippen molar-refractivity contribution in [2.24, 2.45) is 5.73 Å². The summed E-state index contributed by atoms with van der Waals surface area (Å²) in [5.74, 6) is -0.441. The van der Waals surface area contributed by atoms with Crippen molar-refractivity contribution in [3.63, 3.8) is 0 Å². The number of halogens is 1. The molecule has 0 spiro atoms. The lowest BCUT2D eigenvalue weighted by Gasteiger charge is -2.05. The summed E-state index contributed by atoms with van der Waals surface area (Å²) in [6, 6.07) is -0.664. The summed E-state index contributed by atoms with van der Waals surface area (Å²) in [5, 5.41) is 1.77. The third-order valence-corrected chi connectivity index (χ3v) is 2.48. The highest BCUT2D eigenvalue weighted by Crippen LogP contribution is 2.15. The molecule has 1 heterocycles. The van der Waals surface area contributed by atoms with Gasteiger partial charge in [-0.1, -0.05) is 11.6 Å². The Hall–Kier alpha value is -0.650. The van der Waals surface area contributed by atoms with Crippen LogP contribution < -0.4 is 5.73 Å². The van der Waals surface area contributed by atoms with E-state index in [0.717, 1.165) is 0 Å². The normalized spacial score (nSPS) is 12.5. The first-order valence-corrected chi connectivity index (χ1v) is 4.82. The van der Waals surface area contributed by atoms with E-state index in [0.29, 0.717) is 16.6 Å². The molecule has 0 aliphatic rings. The van der Waals surface area contributed by atoms with E-state index in [1.54, 1.807) is 5.38 Å². The van der Waals surface area contributed by atoms with Crippen LogP contribution in [-0.2, 0) is 16.0 Å². The van der Waals surface area contributed by atoms with Crippen LogP contribution in [0.25, 0.3) is 0 Å². The second kappa shape index (κ2) is 4.55. The number of thiazole rings is 1. The van der Waals surface area contributed by atoms with Gasteiger partial charge in [-0.05, 0) is 0 Å². The highest BCUT2D eigenvalue weighted by molar-refractivity contribution is 7.13. The van der Waals surface area contributed by atoms with Gasteiger partial charge in [0.1, 0.15) is 6.04 Å². The van der Waals surface area contributed by atoms with E-state index in [1.807, 2.05) is 0 Å². The second-order valence-electron chi connectivity index (χ2n) is 2.43. The average Bonchev–Trinajstić information content (AvgIpc) is 2.49. The number of carbonyl (C=O) groups is 1. The third kappa shape index (κ3) is 2.95. The largest absolute Gasteiger partial charge is 0.468 e. The van der Waals surface area contributed by atoms with Crippen LogP contribution in [0.4, 0.5) is 0 Å². The molecular weight excluding hydrogens is 212 g/mol. The molecule has 0 saturated heterocycles. The number of ether oxygens (including phenoxy) is 1. The van der Waals surface area contributed by atoms with E-state index in [2.05, 4.69) is 9.72 Å². The van der Waals surface area contributed by atoms with Gasteiger partial charge in [-0.2, -0.15) is 0 Å². The highest BCUT2D eigenvalue weighted by atomic mass is 35.5. The Morgan fingerprint density at radius 3 is 3.08 bits per heavy atom. The molecule has 0 amide bonds. The van der Waals surface area contributed by atoms with Crippen molar-refractivity contribution < 1.29 is 9.53 Å². The number of esters is 1. The van der Waals surface area contributed by atoms with Crippen molar-refractivity contribution in [3.05, 3.63) is 15.5 Å². The number of methoxy groups -OCH3 is 1. The zero-order valence-electron chi connectivity index (χ0n) is 6.99. The molecule has 1 aromatic heterocycles. The van der Waals surface area contributed by atoms with Crippen LogP contribution in [0, 0.1) is 0 Å². The van der Waals surface area contributed by atoms with Crippen LogP contribution in [0.1, 0.15) is 5.69 Å². The van der Waals surface area contributed by atoms with Crippen molar-refractivity contribution in [2.45, 2.75) is 12.5 Å². The maximum Gasteiger partial charge on any atom is 0.323 e. The fraction of sp³-hybridized carbons (Fsp3) is 0.429. The van der Waals surface area contributed by atoms with E-state index in [1.165, 1.54) is 18.4 Å². The zero-order chi connectivity index (χ0) is 9.84. The quantitative estimate of drug-likeness (QED) is 0.767. The Bertz CT molecular complexity index is 302. The van der Waals surface area contributed by atoms with Crippen LogP contribution in [0.15, 0.2) is 5.38 Å². The Balaban J connectivity index is 2.54. The van der Waals surface area contributed by atoms with E-state index in [9.17, 15) is 4.79 Å². The topological polar surface area (TPSA) is 65.2 Å². The molecule has 1 rings (SSSR count). The summed E-state index contributed by atoms with van der Waals surface area (Å²) >= 11 is 6.92. The smallest absolute Gasteiger partial charge is 0.323 e. The van der Waals surface area contributed by atoms with Crippen molar-refractivity contribution in [1.82, 2.24) is 4.98 Å². The second-order valence-corrected chi connectivity index (χ2v) is 3.87. The molecule has 0 aliphatic carbocycles. The molecule has 72 valence electrons. The standard InChI is InChI=1S/C7H9ClN2O2S/c1-12-6(11)5(9)2-4-3-13-7(8)10-4/h3,5H,2,9H2,1H3. The number of rotatable bonds is 3. The van der Waals surface area contributed by atoms with Crippen molar-refractivity contribution in [3.8, 4) is 0 Å². The van der Waals surface area contributed by atoms with Crippen molar-refractivity contribution in [1.29, 1.82) is 0 Å². The van der Waals surface area contributed by atoms with E-state index >= 15 is 0 Å². The van der Waals surface area contributed by atoms with Crippen molar-refractivity contribution >= 4 is 28.9 Å². The molecule has 0 saturated carbocycles. The van der Waals surface area contributed by atoms with Gasteiger partial charge in [-0.3, -0.25) is 4.79 Å². The number of nitrogens with two attached hydrogens (primary N) is 1. The summed E-state index contributed by atoms with van der Waals surface area (Å²) in [4.78, 5) is 14.9. The maximum absolute atomic E-state index is 10.9. The number of carbonyl (C=O) groups excluding carboxylic acids is 1. The van der Waals surface area contributed by atoms with Gasteiger partial charge in [0, 0.05) is 11.8 Å². The first kappa shape index (κ1) is 10.4. The number of hydrogen-bond acceptors (Lipinski definition) is 5. The first-order valence-electron chi connectivity index (χ1n) is 3.57. The lowest BCUT2D eigenvalue weighted by molar-refractivity contribution is -0.142. The van der Waals surface area contributed by atoms with Gasteiger partial charge in [0.15, 0.2) is 4.47 Å². The molecule has 1 unspecified atom stereocenters. The van der Waals surface area contributed by atoms with Crippen LogP contribution in [0.2, 0.25) is 4.47 Å². The molecule has 1 aromatic rings. The van der Waals surface area contributed by atoms with E-state index < -0.39 is 12.0 Å². The summed E-state index contributed by atoms with van der Waals surface area (Å²) in [7, 11) is 1.30. The third-order valence-electron chi connectivity index (χ3n) is 1.46. The lowest BCUT2D eigenvalue weighted by Crippen LogP contribution is -2.33. The van der Waals surface area contributed by atoms with Crippen LogP contribution >= 0.6 is 22.9 Å². The molecule has 6 heteroatoms. The molecule has 4 nitrogen and oxygen atoms in total. The summed E-state index contributed by atoms with van der Waals surface area (Å²) in [6.07, 6.45) is 0.357. The minimum atomic E-state index is -0.664. The molecule has 1 atom stereocenters. The Labute approximate surface area is 84.7 Å². The Kier molecular flexibility index (Phi) is 3.65. The van der Waals surface area contributed by atoms with Gasteiger partial charge >= 0.3 is 5.97 Å². The molecule has 0 radical (unpaired) electrons. The van der Waals surface area contributed by atoms with Gasteiger partial charge in [0.2, 0.25) is 0 Å². The Morgan fingerprint density at radius 1 is 1.92 bits per heavy atom. The monoisotopic (exact) mass is 220 g/mol. The minimum absolute atomic E-state index is 0.357. The van der Waals surface area contributed by atoms with E-state index in [-0.39, 0.29) is 0 Å². The fourth-order valence-electron chi connectivity index (χ4n) is 0.836. The van der Waals surface area contributed by atoms with Crippen LogP contribution in [0.5, 0.6) is 0 Å². The van der Waals surface area contributed by atoms with Gasteiger partial charge in [-0.25, -0.2) is 4.98 Å². The maximum atomic E-state index is 10.9.